The van der Waals surface area contributed by atoms with Gasteiger partial charge in [0.15, 0.2) is 0 Å². The molecular formula is C28H32ClFN6O3. The van der Waals surface area contributed by atoms with Crippen LogP contribution in [0.5, 0.6) is 0 Å². The fourth-order valence-corrected chi connectivity index (χ4v) is 6.31. The molecule has 0 bridgehead atoms. The summed E-state index contributed by atoms with van der Waals surface area (Å²) < 4.78 is 20.5. The van der Waals surface area contributed by atoms with E-state index < -0.39 is 5.41 Å². The van der Waals surface area contributed by atoms with Gasteiger partial charge in [-0.25, -0.2) is 9.78 Å². The number of alkyl halides is 1. The highest BCUT2D eigenvalue weighted by Gasteiger charge is 2.53. The number of unbranched alkanes of at least 4 members (excludes halogenated alkanes) is 1. The highest BCUT2D eigenvalue weighted by Crippen LogP contribution is 2.48. The van der Waals surface area contributed by atoms with Crippen molar-refractivity contribution in [1.82, 2.24) is 19.4 Å². The number of anilines is 1. The number of halogens is 2. The third kappa shape index (κ3) is 4.63. The molecule has 3 aliphatic rings. The molecule has 1 aromatic carbocycles. The van der Waals surface area contributed by atoms with Gasteiger partial charge in [-0.3, -0.25) is 14.2 Å². The molecule has 2 amide bonds. The average molecular weight is 555 g/mol. The Hall–Kier alpha value is -3.24. The van der Waals surface area contributed by atoms with Crippen molar-refractivity contribution in [2.45, 2.75) is 69.2 Å². The van der Waals surface area contributed by atoms with Crippen LogP contribution in [0.2, 0.25) is 5.02 Å². The van der Waals surface area contributed by atoms with Gasteiger partial charge in [0.25, 0.3) is 0 Å². The van der Waals surface area contributed by atoms with E-state index in [9.17, 15) is 14.0 Å². The molecule has 1 saturated carbocycles. The Labute approximate surface area is 231 Å². The molecule has 1 aliphatic carbocycles. The minimum atomic E-state index is -0.734. The van der Waals surface area contributed by atoms with E-state index in [1.807, 2.05) is 18.2 Å². The first-order chi connectivity index (χ1) is 18.9. The van der Waals surface area contributed by atoms with Gasteiger partial charge in [-0.15, -0.1) is 0 Å². The number of nitrogens with two attached hydrogens (primary N) is 1. The molecular weight excluding hydrogens is 523 g/mol. The maximum atomic E-state index is 14.2. The predicted molar refractivity (Wildman–Crippen MR) is 145 cm³/mol. The molecule has 2 fully saturated rings. The Morgan fingerprint density at radius 3 is 2.74 bits per heavy atom. The maximum Gasteiger partial charge on any atom is 0.410 e. The Morgan fingerprint density at radius 1 is 1.21 bits per heavy atom. The highest BCUT2D eigenvalue weighted by molar-refractivity contribution is 6.31. The molecule has 2 aliphatic heterocycles. The van der Waals surface area contributed by atoms with Crippen LogP contribution in [0.4, 0.5) is 14.9 Å². The number of hydrogen-bond donors (Lipinski definition) is 1. The van der Waals surface area contributed by atoms with Crippen molar-refractivity contribution in [3.8, 4) is 0 Å². The van der Waals surface area contributed by atoms with Crippen LogP contribution in [0.25, 0.3) is 11.0 Å². The lowest BCUT2D eigenvalue weighted by Crippen LogP contribution is -2.51. The number of piperidine rings is 1. The number of aromatic nitrogens is 3. The molecule has 9 nitrogen and oxygen atoms in total. The molecule has 0 atom stereocenters. The second kappa shape index (κ2) is 10.4. The number of aryl methyl sites for hydroxylation is 1. The van der Waals surface area contributed by atoms with Crippen molar-refractivity contribution >= 4 is 40.3 Å². The third-order valence-electron chi connectivity index (χ3n) is 8.39. The molecule has 2 N–H and O–H groups in total. The van der Waals surface area contributed by atoms with Crippen LogP contribution in [-0.2, 0) is 28.0 Å². The summed E-state index contributed by atoms with van der Waals surface area (Å²) in [5, 5.41) is 0.582. The summed E-state index contributed by atoms with van der Waals surface area (Å²) in [6, 6.07) is 7.56. The van der Waals surface area contributed by atoms with Gasteiger partial charge < -0.3 is 24.8 Å². The number of likely N-dealkylation sites (tertiary alicyclic amines) is 1. The second-order valence-electron chi connectivity index (χ2n) is 10.8. The summed E-state index contributed by atoms with van der Waals surface area (Å²) >= 11 is 6.23. The number of ether oxygens (including phenoxy) is 1. The van der Waals surface area contributed by atoms with Gasteiger partial charge in [0.2, 0.25) is 5.91 Å². The normalized spacial score (nSPS) is 21.9. The molecule has 0 unspecified atom stereocenters. The van der Waals surface area contributed by atoms with Gasteiger partial charge in [0.1, 0.15) is 11.9 Å². The van der Waals surface area contributed by atoms with Crippen LogP contribution in [0.3, 0.4) is 0 Å². The highest BCUT2D eigenvalue weighted by atomic mass is 35.5. The van der Waals surface area contributed by atoms with Crippen LogP contribution in [0.1, 0.15) is 49.9 Å². The summed E-state index contributed by atoms with van der Waals surface area (Å²) in [6.45, 7) is 1.33. The van der Waals surface area contributed by atoms with E-state index in [-0.39, 0.29) is 37.4 Å². The third-order valence-corrected chi connectivity index (χ3v) is 8.62. The summed E-state index contributed by atoms with van der Waals surface area (Å²) in [5.74, 6) is 0.704. The van der Waals surface area contributed by atoms with Crippen molar-refractivity contribution < 1.29 is 18.7 Å². The quantitative estimate of drug-likeness (QED) is 0.435. The van der Waals surface area contributed by atoms with Crippen LogP contribution in [0, 0.1) is 0 Å². The number of benzene rings is 1. The fraction of sp³-hybridized carbons (Fsp3) is 0.500. The summed E-state index contributed by atoms with van der Waals surface area (Å²) in [7, 11) is 0. The van der Waals surface area contributed by atoms with Gasteiger partial charge in [-0.1, -0.05) is 11.6 Å². The van der Waals surface area contributed by atoms with Crippen molar-refractivity contribution in [2.75, 3.05) is 24.7 Å². The molecule has 1 spiro atoms. The molecule has 39 heavy (non-hydrogen) atoms. The zero-order valence-corrected chi connectivity index (χ0v) is 22.4. The molecule has 1 saturated heterocycles. The Kier molecular flexibility index (Phi) is 6.93. The lowest BCUT2D eigenvalue weighted by Gasteiger charge is -2.39. The van der Waals surface area contributed by atoms with E-state index in [4.69, 9.17) is 27.1 Å². The Bertz CT molecular complexity index is 1400. The SMILES string of the molecule is N[C@H]1C[C@H](OC(=O)N2CCC3(CC2)C(=O)N(Cc2nc4cc(Cl)ccc4n2CCCCF)c2cnccc23)C1. The van der Waals surface area contributed by atoms with E-state index in [0.717, 1.165) is 22.3 Å². The number of nitrogens with zero attached hydrogens (tertiary/aromatic N) is 5. The standard InChI is InChI=1S/C28H32ClFN6O3/c29-18-3-4-23-22(13-18)33-25(35(23)10-2-1-8-30)17-36-24-16-32-9-5-21(24)28(26(36)37)6-11-34(12-7-28)27(38)39-20-14-19(31)15-20/h3-5,9,13,16,19-20H,1-2,6-8,10-12,14-15,17,31H2/t19-,20-. The summed E-state index contributed by atoms with van der Waals surface area (Å²) in [6.07, 6.45) is 6.51. The second-order valence-corrected chi connectivity index (χ2v) is 11.2. The average Bonchev–Trinajstić information content (AvgIpc) is 3.36. The topological polar surface area (TPSA) is 107 Å². The van der Waals surface area contributed by atoms with E-state index in [1.165, 1.54) is 0 Å². The largest absolute Gasteiger partial charge is 0.446 e. The van der Waals surface area contributed by atoms with Crippen molar-refractivity contribution in [3.05, 3.63) is 53.1 Å². The van der Waals surface area contributed by atoms with Crippen molar-refractivity contribution in [1.29, 1.82) is 0 Å². The molecule has 2 aromatic heterocycles. The van der Waals surface area contributed by atoms with Crippen LogP contribution in [0.15, 0.2) is 36.7 Å². The first kappa shape index (κ1) is 26.0. The lowest BCUT2D eigenvalue weighted by molar-refractivity contribution is -0.125. The smallest absolute Gasteiger partial charge is 0.410 e. The van der Waals surface area contributed by atoms with E-state index in [1.54, 1.807) is 28.3 Å². The molecule has 3 aromatic rings. The van der Waals surface area contributed by atoms with Crippen LogP contribution >= 0.6 is 11.6 Å². The minimum Gasteiger partial charge on any atom is -0.446 e. The van der Waals surface area contributed by atoms with Crippen LogP contribution in [-0.4, -0.2) is 63.3 Å². The Morgan fingerprint density at radius 2 is 2.00 bits per heavy atom. The summed E-state index contributed by atoms with van der Waals surface area (Å²) in [5.41, 5.74) is 8.43. The van der Waals surface area contributed by atoms with Gasteiger partial charge in [0.05, 0.1) is 41.6 Å². The molecule has 6 rings (SSSR count). The zero-order valence-electron chi connectivity index (χ0n) is 21.7. The first-order valence-corrected chi connectivity index (χ1v) is 14.0. The number of amides is 2. The first-order valence-electron chi connectivity index (χ1n) is 13.6. The van der Waals surface area contributed by atoms with E-state index in [2.05, 4.69) is 9.55 Å². The Balaban J connectivity index is 1.25. The van der Waals surface area contributed by atoms with Gasteiger partial charge in [-0.2, -0.15) is 0 Å². The van der Waals surface area contributed by atoms with Gasteiger partial charge in [0, 0.05) is 36.9 Å². The fourth-order valence-electron chi connectivity index (χ4n) is 6.15. The van der Waals surface area contributed by atoms with E-state index in [0.29, 0.717) is 69.0 Å². The predicted octanol–water partition coefficient (Wildman–Crippen LogP) is 4.34. The number of imidazole rings is 1. The maximum absolute atomic E-state index is 14.2. The minimum absolute atomic E-state index is 0.0103. The molecule has 206 valence electrons. The number of carbonyl (C=O) groups excluding carboxylic acids is 2. The molecule has 11 heteroatoms. The number of rotatable bonds is 7. The number of carbonyl (C=O) groups is 2. The van der Waals surface area contributed by atoms with E-state index >= 15 is 0 Å². The number of pyridine rings is 1. The summed E-state index contributed by atoms with van der Waals surface area (Å²) in [4.78, 5) is 39.5. The van der Waals surface area contributed by atoms with Crippen LogP contribution < -0.4 is 10.6 Å². The van der Waals surface area contributed by atoms with Crippen molar-refractivity contribution in [2.24, 2.45) is 5.73 Å². The van der Waals surface area contributed by atoms with Crippen molar-refractivity contribution in [3.63, 3.8) is 0 Å². The molecule has 4 heterocycles. The number of fused-ring (bicyclic) bond motifs is 3. The monoisotopic (exact) mass is 554 g/mol. The van der Waals surface area contributed by atoms with Gasteiger partial charge in [-0.05, 0) is 68.4 Å². The van der Waals surface area contributed by atoms with Gasteiger partial charge >= 0.3 is 6.09 Å². The zero-order chi connectivity index (χ0) is 27.1. The lowest BCUT2D eigenvalue weighted by atomic mass is 9.74. The molecule has 0 radical (unpaired) electrons. The number of hydrogen-bond acceptors (Lipinski definition) is 6.